The van der Waals surface area contributed by atoms with Crippen molar-refractivity contribution in [2.75, 3.05) is 39.8 Å². The van der Waals surface area contributed by atoms with Crippen molar-refractivity contribution in [3.63, 3.8) is 0 Å². The van der Waals surface area contributed by atoms with Gasteiger partial charge in [0.25, 0.3) is 0 Å². The summed E-state index contributed by atoms with van der Waals surface area (Å²) in [6.45, 7) is 3.95. The smallest absolute Gasteiger partial charge is 0.247 e. The largest absolute Gasteiger partial charge is 0.492 e. The van der Waals surface area contributed by atoms with Crippen molar-refractivity contribution in [1.29, 1.82) is 0 Å². The molecule has 2 heterocycles. The van der Waals surface area contributed by atoms with E-state index in [1.165, 1.54) is 11.2 Å². The van der Waals surface area contributed by atoms with Crippen LogP contribution in [0.4, 0.5) is 0 Å². The summed E-state index contributed by atoms with van der Waals surface area (Å²) in [6.07, 6.45) is 1.71. The maximum absolute atomic E-state index is 13.1. The average Bonchev–Trinajstić information content (AvgIpc) is 2.54. The van der Waals surface area contributed by atoms with E-state index in [-0.39, 0.29) is 22.6 Å². The zero-order valence-corrected chi connectivity index (χ0v) is 15.0. The van der Waals surface area contributed by atoms with Gasteiger partial charge < -0.3 is 9.64 Å². The van der Waals surface area contributed by atoms with Crippen LogP contribution < -0.4 is 4.74 Å². The lowest BCUT2D eigenvalue weighted by Crippen LogP contribution is -2.51. The molecule has 1 aromatic carbocycles. The molecule has 7 heteroatoms. The van der Waals surface area contributed by atoms with Gasteiger partial charge in [-0.2, -0.15) is 4.31 Å². The highest BCUT2D eigenvalue weighted by Crippen LogP contribution is 2.38. The van der Waals surface area contributed by atoms with Crippen LogP contribution in [0.15, 0.2) is 29.2 Å². The number of carbonyl (C=O) groups excluding carboxylic acids is 1. The first-order valence-corrected chi connectivity index (χ1v) is 9.66. The van der Waals surface area contributed by atoms with E-state index in [0.29, 0.717) is 18.9 Å². The molecule has 132 valence electrons. The quantitative estimate of drug-likeness (QED) is 0.804. The number of likely N-dealkylation sites (tertiary alicyclic amines) is 1. The summed E-state index contributed by atoms with van der Waals surface area (Å²) < 4.78 is 33.5. The third-order valence-electron chi connectivity index (χ3n) is 4.96. The van der Waals surface area contributed by atoms with Gasteiger partial charge in [-0.25, -0.2) is 8.42 Å². The number of fused-ring (bicyclic) bond motifs is 1. The van der Waals surface area contributed by atoms with Gasteiger partial charge in [-0.3, -0.25) is 4.79 Å². The lowest BCUT2D eigenvalue weighted by atomic mass is 9.79. The Bertz CT molecular complexity index is 724. The summed E-state index contributed by atoms with van der Waals surface area (Å²) in [5.41, 5.74) is -0.247. The van der Waals surface area contributed by atoms with E-state index in [9.17, 15) is 13.2 Å². The molecule has 1 saturated heterocycles. The zero-order valence-electron chi connectivity index (χ0n) is 14.2. The van der Waals surface area contributed by atoms with E-state index in [1.54, 1.807) is 24.3 Å². The van der Waals surface area contributed by atoms with Crippen molar-refractivity contribution in [3.8, 4) is 5.75 Å². The van der Waals surface area contributed by atoms with Gasteiger partial charge in [0, 0.05) is 12.0 Å². The number of rotatable bonds is 2. The second-order valence-corrected chi connectivity index (χ2v) is 8.92. The standard InChI is InChI=1S/C17H24N2O4S/c1-14(20)11-19-12-17(7-9-18(2)10-8-17)13-23-15-5-3-4-6-16(15)24(19,21)22/h3-6H,7-13H2,1-2H3. The number of ether oxygens (including phenoxy) is 1. The fourth-order valence-electron chi connectivity index (χ4n) is 3.44. The minimum atomic E-state index is -3.75. The number of piperidine rings is 1. The number of hydrogen-bond acceptors (Lipinski definition) is 5. The number of nitrogens with zero attached hydrogens (tertiary/aromatic N) is 2. The Morgan fingerprint density at radius 1 is 1.25 bits per heavy atom. The number of para-hydroxylation sites is 1. The van der Waals surface area contributed by atoms with Crippen LogP contribution in [0.25, 0.3) is 0 Å². The van der Waals surface area contributed by atoms with Gasteiger partial charge in [0.15, 0.2) is 0 Å². The lowest BCUT2D eigenvalue weighted by Gasteiger charge is -2.44. The molecule has 0 N–H and O–H groups in total. The molecule has 0 radical (unpaired) electrons. The Hall–Kier alpha value is -1.44. The molecule has 0 bridgehead atoms. The third kappa shape index (κ3) is 3.34. The number of sulfonamides is 1. The van der Waals surface area contributed by atoms with E-state index in [4.69, 9.17) is 4.74 Å². The van der Waals surface area contributed by atoms with Crippen LogP contribution in [0, 0.1) is 5.41 Å². The molecule has 0 amide bonds. The summed E-state index contributed by atoms with van der Waals surface area (Å²) >= 11 is 0. The van der Waals surface area contributed by atoms with Gasteiger partial charge in [0.05, 0.1) is 13.2 Å². The molecule has 24 heavy (non-hydrogen) atoms. The predicted molar refractivity (Wildman–Crippen MR) is 90.5 cm³/mol. The summed E-state index contributed by atoms with van der Waals surface area (Å²) in [5.74, 6) is 0.227. The van der Waals surface area contributed by atoms with Crippen molar-refractivity contribution in [2.24, 2.45) is 5.41 Å². The van der Waals surface area contributed by atoms with Crippen molar-refractivity contribution < 1.29 is 17.9 Å². The number of carbonyl (C=O) groups is 1. The summed E-state index contributed by atoms with van der Waals surface area (Å²) in [4.78, 5) is 14.1. The van der Waals surface area contributed by atoms with Gasteiger partial charge in [0.1, 0.15) is 16.4 Å². The number of Topliss-reactive ketones (excluding diaryl/α,β-unsaturated/α-hetero) is 1. The molecule has 2 aliphatic heterocycles. The van der Waals surface area contributed by atoms with E-state index in [1.807, 2.05) is 0 Å². The summed E-state index contributed by atoms with van der Waals surface area (Å²) in [7, 11) is -1.69. The fraction of sp³-hybridized carbons (Fsp3) is 0.588. The highest BCUT2D eigenvalue weighted by molar-refractivity contribution is 7.89. The Morgan fingerprint density at radius 3 is 2.58 bits per heavy atom. The normalized spacial score (nSPS) is 23.8. The fourth-order valence-corrected chi connectivity index (χ4v) is 5.15. The summed E-state index contributed by atoms with van der Waals surface area (Å²) in [6, 6.07) is 6.68. The van der Waals surface area contributed by atoms with Crippen LogP contribution in [0.3, 0.4) is 0 Å². The molecule has 0 aliphatic carbocycles. The van der Waals surface area contributed by atoms with Crippen LogP contribution in [-0.2, 0) is 14.8 Å². The number of hydrogen-bond donors (Lipinski definition) is 0. The monoisotopic (exact) mass is 352 g/mol. The number of benzene rings is 1. The topological polar surface area (TPSA) is 66.9 Å². The van der Waals surface area contributed by atoms with Crippen LogP contribution in [0.5, 0.6) is 5.75 Å². The predicted octanol–water partition coefficient (Wildman–Crippen LogP) is 1.37. The molecule has 1 spiro atoms. The molecule has 1 aromatic rings. The van der Waals surface area contributed by atoms with E-state index in [2.05, 4.69) is 11.9 Å². The second kappa shape index (κ2) is 6.46. The van der Waals surface area contributed by atoms with Gasteiger partial charge in [-0.05, 0) is 52.0 Å². The molecule has 3 rings (SSSR count). The first-order chi connectivity index (χ1) is 11.3. The van der Waals surface area contributed by atoms with Crippen molar-refractivity contribution in [3.05, 3.63) is 24.3 Å². The second-order valence-electron chi connectivity index (χ2n) is 7.01. The van der Waals surface area contributed by atoms with Crippen molar-refractivity contribution >= 4 is 15.8 Å². The van der Waals surface area contributed by atoms with Crippen LogP contribution in [-0.4, -0.2) is 63.2 Å². The first-order valence-electron chi connectivity index (χ1n) is 8.22. The third-order valence-corrected chi connectivity index (χ3v) is 6.79. The molecule has 0 unspecified atom stereocenters. The van der Waals surface area contributed by atoms with Crippen LogP contribution >= 0.6 is 0 Å². The zero-order chi connectivity index (χ0) is 17.4. The van der Waals surface area contributed by atoms with E-state index in [0.717, 1.165) is 25.9 Å². The first kappa shape index (κ1) is 17.4. The SMILES string of the molecule is CC(=O)CN1CC2(CCN(C)CC2)COc2ccccc2S1(=O)=O. The lowest BCUT2D eigenvalue weighted by molar-refractivity contribution is -0.117. The van der Waals surface area contributed by atoms with E-state index >= 15 is 0 Å². The maximum atomic E-state index is 13.1. The van der Waals surface area contributed by atoms with Gasteiger partial charge >= 0.3 is 0 Å². The molecule has 0 aromatic heterocycles. The Kier molecular flexibility index (Phi) is 4.68. The Morgan fingerprint density at radius 2 is 1.92 bits per heavy atom. The van der Waals surface area contributed by atoms with Crippen molar-refractivity contribution in [1.82, 2.24) is 9.21 Å². The molecular weight excluding hydrogens is 328 g/mol. The molecular formula is C17H24N2O4S. The maximum Gasteiger partial charge on any atom is 0.247 e. The van der Waals surface area contributed by atoms with Gasteiger partial charge in [-0.1, -0.05) is 12.1 Å². The van der Waals surface area contributed by atoms with Crippen molar-refractivity contribution in [2.45, 2.75) is 24.7 Å². The van der Waals surface area contributed by atoms with Gasteiger partial charge in [-0.15, -0.1) is 0 Å². The molecule has 2 aliphatic rings. The highest BCUT2D eigenvalue weighted by Gasteiger charge is 2.42. The van der Waals surface area contributed by atoms with Gasteiger partial charge in [0.2, 0.25) is 10.0 Å². The Labute approximate surface area is 143 Å². The Balaban J connectivity index is 2.03. The number of ketones is 1. The molecule has 0 atom stereocenters. The highest BCUT2D eigenvalue weighted by atomic mass is 32.2. The molecule has 6 nitrogen and oxygen atoms in total. The van der Waals surface area contributed by atoms with Crippen LogP contribution in [0.2, 0.25) is 0 Å². The van der Waals surface area contributed by atoms with E-state index < -0.39 is 10.0 Å². The van der Waals surface area contributed by atoms with Crippen LogP contribution in [0.1, 0.15) is 19.8 Å². The summed E-state index contributed by atoms with van der Waals surface area (Å²) in [5, 5.41) is 0. The average molecular weight is 352 g/mol. The molecule has 1 fully saturated rings. The minimum absolute atomic E-state index is 0.0890. The molecule has 0 saturated carbocycles. The minimum Gasteiger partial charge on any atom is -0.492 e.